The first kappa shape index (κ1) is 17.5. The first-order valence-corrected chi connectivity index (χ1v) is 8.96. The number of nitrogens with one attached hydrogen (secondary N) is 1. The van der Waals surface area contributed by atoms with E-state index in [1.54, 1.807) is 60.7 Å². The van der Waals surface area contributed by atoms with Crippen LogP contribution in [0, 0.1) is 0 Å². The number of sulfonamides is 1. The Balaban J connectivity index is 2.42. The summed E-state index contributed by atoms with van der Waals surface area (Å²) in [4.78, 5) is 0.185. The van der Waals surface area contributed by atoms with Crippen LogP contribution in [0.4, 0.5) is 5.69 Å². The lowest BCUT2D eigenvalue weighted by Gasteiger charge is -2.06. The molecule has 2 aromatic carbocycles. The fourth-order valence-electron chi connectivity index (χ4n) is 1.83. The Labute approximate surface area is 143 Å². The summed E-state index contributed by atoms with van der Waals surface area (Å²) >= 11 is 0. The third-order valence-corrected chi connectivity index (χ3v) is 4.37. The largest absolute Gasteiger partial charge is 0.280 e. The van der Waals surface area contributed by atoms with Crippen molar-refractivity contribution in [1.82, 2.24) is 0 Å². The molecule has 0 radical (unpaired) electrons. The molecular weight excluding hydrogens is 318 g/mol. The molecule has 0 spiro atoms. The molecule has 0 aliphatic rings. The highest BCUT2D eigenvalue weighted by Gasteiger charge is 2.11. The summed E-state index contributed by atoms with van der Waals surface area (Å²) in [5.41, 5.74) is 0.483. The van der Waals surface area contributed by atoms with Crippen LogP contribution in [0.25, 0.3) is 0 Å². The van der Waals surface area contributed by atoms with Gasteiger partial charge in [0.1, 0.15) is 0 Å². The van der Waals surface area contributed by atoms with Crippen molar-refractivity contribution in [1.29, 1.82) is 0 Å². The molecule has 3 nitrogen and oxygen atoms in total. The number of hydrogen-bond acceptors (Lipinski definition) is 2. The summed E-state index contributed by atoms with van der Waals surface area (Å²) in [7, 11) is -3.68. The molecule has 0 amide bonds. The number of hydrogen-bond donors (Lipinski definition) is 1. The summed E-state index contributed by atoms with van der Waals surface area (Å²) in [6, 6.07) is 31.9. The third kappa shape index (κ3) is 6.10. The predicted octanol–water partition coefficient (Wildman–Crippen LogP) is 4.74. The van der Waals surface area contributed by atoms with E-state index in [0.717, 1.165) is 0 Å². The molecule has 2 aromatic rings. The van der Waals surface area contributed by atoms with E-state index >= 15 is 0 Å². The van der Waals surface area contributed by atoms with Gasteiger partial charge < -0.3 is 0 Å². The van der Waals surface area contributed by atoms with Crippen LogP contribution in [0.2, 0.25) is 0 Å². The Kier molecular flexibility index (Phi) is 6.80. The average molecular weight is 337 g/mol. The molecule has 0 aliphatic carbocycles. The normalized spacial score (nSPS) is 10.0. The van der Waals surface area contributed by atoms with E-state index < -0.39 is 10.0 Å². The quantitative estimate of drug-likeness (QED) is 0.879. The van der Waals surface area contributed by atoms with Gasteiger partial charge in [-0.25, -0.2) is 8.42 Å². The van der Waals surface area contributed by atoms with Gasteiger partial charge in [-0.2, -0.15) is 0 Å². The molecule has 0 bridgehead atoms. The Bertz CT molecular complexity index is 827. The standard InChI is InChI=1S/C20H19NO2S/c22-24(23,20-17-13-9-5-2-6-10-14-18-20)21-19-15-11-7-3-1-4-8-12-16-19/h1-18,21H. The Morgan fingerprint density at radius 1 is 0.500 bits per heavy atom. The van der Waals surface area contributed by atoms with Crippen LogP contribution in [-0.4, -0.2) is 8.42 Å². The maximum atomic E-state index is 12.6. The van der Waals surface area contributed by atoms with Crippen LogP contribution in [0.1, 0.15) is 0 Å². The second-order valence-electron chi connectivity index (χ2n) is 4.82. The highest BCUT2D eigenvalue weighted by molar-refractivity contribution is 7.92. The van der Waals surface area contributed by atoms with Gasteiger partial charge in [0.15, 0.2) is 0 Å². The molecule has 0 aliphatic heterocycles. The molecule has 0 saturated heterocycles. The summed E-state index contributed by atoms with van der Waals surface area (Å²) in [5.74, 6) is 0. The lowest BCUT2D eigenvalue weighted by atomic mass is 10.3. The second kappa shape index (κ2) is 9.33. The smallest absolute Gasteiger partial charge is 0.261 e. The molecule has 0 fully saturated rings. The lowest BCUT2D eigenvalue weighted by molar-refractivity contribution is 0.601. The van der Waals surface area contributed by atoms with Gasteiger partial charge >= 0.3 is 0 Å². The minimum absolute atomic E-state index is 0.185. The van der Waals surface area contributed by atoms with Crippen molar-refractivity contribution in [3.8, 4) is 0 Å². The maximum Gasteiger partial charge on any atom is 0.261 e. The van der Waals surface area contributed by atoms with E-state index in [9.17, 15) is 8.42 Å². The zero-order valence-corrected chi connectivity index (χ0v) is 13.9. The van der Waals surface area contributed by atoms with Crippen molar-refractivity contribution in [2.24, 2.45) is 0 Å². The first-order valence-electron chi connectivity index (χ1n) is 7.48. The van der Waals surface area contributed by atoms with E-state index in [2.05, 4.69) is 4.72 Å². The fraction of sp³-hybridized carbons (Fsp3) is 0. The summed E-state index contributed by atoms with van der Waals surface area (Å²) in [6.07, 6.45) is 0. The molecule has 4 heteroatoms. The van der Waals surface area contributed by atoms with E-state index in [1.165, 1.54) is 0 Å². The van der Waals surface area contributed by atoms with Crippen LogP contribution in [0.3, 0.4) is 0 Å². The van der Waals surface area contributed by atoms with E-state index in [0.29, 0.717) is 5.69 Å². The Hall–Kier alpha value is -2.85. The van der Waals surface area contributed by atoms with Gasteiger partial charge in [-0.1, -0.05) is 84.9 Å². The molecule has 0 heterocycles. The molecule has 1 N–H and O–H groups in total. The minimum atomic E-state index is -3.68. The lowest BCUT2D eigenvalue weighted by Crippen LogP contribution is -2.12. The van der Waals surface area contributed by atoms with Crippen molar-refractivity contribution in [2.45, 2.75) is 4.90 Å². The average Bonchev–Trinajstić information content (AvgIpc) is 2.58. The number of rotatable bonds is 3. The number of anilines is 1. The molecule has 122 valence electrons. The van der Waals surface area contributed by atoms with Crippen molar-refractivity contribution < 1.29 is 8.42 Å². The summed E-state index contributed by atoms with van der Waals surface area (Å²) < 4.78 is 27.9. The summed E-state index contributed by atoms with van der Waals surface area (Å²) in [6.45, 7) is 0. The van der Waals surface area contributed by atoms with Crippen LogP contribution in [0.5, 0.6) is 0 Å². The topological polar surface area (TPSA) is 46.2 Å². The van der Waals surface area contributed by atoms with Crippen LogP contribution in [-0.2, 0) is 10.0 Å². The third-order valence-electron chi connectivity index (χ3n) is 2.97. The molecule has 0 unspecified atom stereocenters. The van der Waals surface area contributed by atoms with Crippen LogP contribution in [0.15, 0.2) is 114 Å². The van der Waals surface area contributed by atoms with Gasteiger partial charge in [0.25, 0.3) is 10.0 Å². The van der Waals surface area contributed by atoms with Gasteiger partial charge in [0, 0.05) is 5.69 Å². The van der Waals surface area contributed by atoms with Crippen LogP contribution < -0.4 is 4.72 Å². The fourth-order valence-corrected chi connectivity index (χ4v) is 2.91. The predicted molar refractivity (Wildman–Crippen MR) is 98.9 cm³/mol. The van der Waals surface area contributed by atoms with Crippen molar-refractivity contribution in [2.75, 3.05) is 4.72 Å². The highest BCUT2D eigenvalue weighted by atomic mass is 32.2. The zero-order valence-electron chi connectivity index (χ0n) is 13.1. The molecule has 0 atom stereocenters. The van der Waals surface area contributed by atoms with Crippen LogP contribution >= 0.6 is 0 Å². The van der Waals surface area contributed by atoms with Gasteiger partial charge in [-0.3, -0.25) is 4.72 Å². The highest BCUT2D eigenvalue weighted by Crippen LogP contribution is 2.13. The van der Waals surface area contributed by atoms with Gasteiger partial charge in [-0.15, -0.1) is 0 Å². The SMILES string of the molecule is O=S(=O)(Nc1ccccccccc1)c1ccccccccc1. The van der Waals surface area contributed by atoms with E-state index in [4.69, 9.17) is 0 Å². The van der Waals surface area contributed by atoms with Gasteiger partial charge in [-0.05, 0) is 24.3 Å². The van der Waals surface area contributed by atoms with Crippen molar-refractivity contribution >= 4 is 15.7 Å². The van der Waals surface area contributed by atoms with Gasteiger partial charge in [0.05, 0.1) is 4.90 Å². The van der Waals surface area contributed by atoms with Crippen molar-refractivity contribution in [3.05, 3.63) is 109 Å². The molecule has 0 saturated carbocycles. The minimum Gasteiger partial charge on any atom is -0.280 e. The molecule has 0 aromatic heterocycles. The van der Waals surface area contributed by atoms with Gasteiger partial charge in [0.2, 0.25) is 0 Å². The van der Waals surface area contributed by atoms with E-state index in [-0.39, 0.29) is 4.90 Å². The molecule has 24 heavy (non-hydrogen) atoms. The van der Waals surface area contributed by atoms with Crippen molar-refractivity contribution in [3.63, 3.8) is 0 Å². The zero-order chi connectivity index (χ0) is 17.1. The first-order chi connectivity index (χ1) is 11.7. The molecule has 2 rings (SSSR count). The van der Waals surface area contributed by atoms with E-state index in [1.807, 2.05) is 48.5 Å². The Morgan fingerprint density at radius 3 is 1.25 bits per heavy atom. The monoisotopic (exact) mass is 337 g/mol. The second-order valence-corrected chi connectivity index (χ2v) is 6.51. The molecular formula is C20H19NO2S. The summed E-state index contributed by atoms with van der Waals surface area (Å²) in [5, 5.41) is 0. The Morgan fingerprint density at radius 2 is 0.833 bits per heavy atom. The maximum absolute atomic E-state index is 12.6.